The fourth-order valence-corrected chi connectivity index (χ4v) is 4.11. The standard InChI is InChI=1S/C27H34O2/c1-2-18-27(19-24-12-6-3-7-13-24,22-28-20-25-14-8-4-9-15-25)23-29-21-26-16-10-5-11-17-26/h2,4-5,8-12,14-17H,1,3,6-7,13,18-23H2. The average molecular weight is 391 g/mol. The van der Waals surface area contributed by atoms with Crippen LogP contribution in [-0.4, -0.2) is 13.2 Å². The molecule has 0 aromatic heterocycles. The highest BCUT2D eigenvalue weighted by molar-refractivity contribution is 5.15. The van der Waals surface area contributed by atoms with Gasteiger partial charge in [-0.1, -0.05) is 78.4 Å². The molecule has 1 aliphatic rings. The molecule has 0 amide bonds. The van der Waals surface area contributed by atoms with Crippen molar-refractivity contribution in [2.24, 2.45) is 5.41 Å². The largest absolute Gasteiger partial charge is 0.376 e. The van der Waals surface area contributed by atoms with Gasteiger partial charge < -0.3 is 9.47 Å². The summed E-state index contributed by atoms with van der Waals surface area (Å²) in [5.74, 6) is 0. The van der Waals surface area contributed by atoms with E-state index >= 15 is 0 Å². The van der Waals surface area contributed by atoms with Crippen LogP contribution < -0.4 is 0 Å². The zero-order valence-corrected chi connectivity index (χ0v) is 17.5. The minimum Gasteiger partial charge on any atom is -0.376 e. The number of ether oxygens (including phenoxy) is 2. The molecule has 2 nitrogen and oxygen atoms in total. The lowest BCUT2D eigenvalue weighted by molar-refractivity contribution is -0.0322. The lowest BCUT2D eigenvalue weighted by Gasteiger charge is -2.34. The van der Waals surface area contributed by atoms with Gasteiger partial charge in [-0.15, -0.1) is 6.58 Å². The Labute approximate surface area is 176 Å². The van der Waals surface area contributed by atoms with Crippen molar-refractivity contribution in [2.75, 3.05) is 13.2 Å². The Morgan fingerprint density at radius 2 is 1.41 bits per heavy atom. The highest BCUT2D eigenvalue weighted by atomic mass is 16.5. The zero-order chi connectivity index (χ0) is 20.2. The van der Waals surface area contributed by atoms with E-state index in [2.05, 4.69) is 61.2 Å². The summed E-state index contributed by atoms with van der Waals surface area (Å²) in [6, 6.07) is 20.8. The third-order valence-corrected chi connectivity index (χ3v) is 5.60. The highest BCUT2D eigenvalue weighted by Crippen LogP contribution is 2.36. The summed E-state index contributed by atoms with van der Waals surface area (Å²) < 4.78 is 12.5. The van der Waals surface area contributed by atoms with Gasteiger partial charge in [0.25, 0.3) is 0 Å². The predicted molar refractivity (Wildman–Crippen MR) is 121 cm³/mol. The number of rotatable bonds is 12. The molecule has 0 N–H and O–H groups in total. The normalized spacial score (nSPS) is 14.4. The van der Waals surface area contributed by atoms with Crippen LogP contribution in [0.3, 0.4) is 0 Å². The van der Waals surface area contributed by atoms with E-state index in [-0.39, 0.29) is 5.41 Å². The Bertz CT molecular complexity index is 703. The van der Waals surface area contributed by atoms with Gasteiger partial charge in [0.1, 0.15) is 0 Å². The van der Waals surface area contributed by atoms with Crippen molar-refractivity contribution in [3.8, 4) is 0 Å². The van der Waals surface area contributed by atoms with Crippen LogP contribution in [0.4, 0.5) is 0 Å². The van der Waals surface area contributed by atoms with E-state index in [0.29, 0.717) is 26.4 Å². The molecule has 2 heteroatoms. The van der Waals surface area contributed by atoms with Gasteiger partial charge >= 0.3 is 0 Å². The topological polar surface area (TPSA) is 18.5 Å². The molecule has 1 aliphatic carbocycles. The first-order chi connectivity index (χ1) is 14.3. The number of benzene rings is 2. The van der Waals surface area contributed by atoms with Crippen LogP contribution in [-0.2, 0) is 22.7 Å². The second-order valence-corrected chi connectivity index (χ2v) is 8.23. The van der Waals surface area contributed by atoms with Gasteiger partial charge in [-0.25, -0.2) is 0 Å². The first-order valence-corrected chi connectivity index (χ1v) is 10.8. The minimum atomic E-state index is -0.0610. The van der Waals surface area contributed by atoms with Crippen LogP contribution in [0, 0.1) is 5.41 Å². The maximum absolute atomic E-state index is 6.23. The molecule has 0 saturated carbocycles. The van der Waals surface area contributed by atoms with E-state index in [4.69, 9.17) is 9.47 Å². The Kier molecular flexibility index (Phi) is 8.73. The number of allylic oxidation sites excluding steroid dienone is 3. The van der Waals surface area contributed by atoms with Crippen LogP contribution in [0.5, 0.6) is 0 Å². The third-order valence-electron chi connectivity index (χ3n) is 5.60. The number of hydrogen-bond donors (Lipinski definition) is 0. The van der Waals surface area contributed by atoms with Crippen LogP contribution in [0.15, 0.2) is 85.0 Å². The minimum absolute atomic E-state index is 0.0610. The fourth-order valence-electron chi connectivity index (χ4n) is 4.11. The molecule has 0 saturated heterocycles. The maximum Gasteiger partial charge on any atom is 0.0717 e. The summed E-state index contributed by atoms with van der Waals surface area (Å²) in [4.78, 5) is 0. The molecule has 0 heterocycles. The quantitative estimate of drug-likeness (QED) is 0.368. The molecule has 3 rings (SSSR count). The maximum atomic E-state index is 6.23. The predicted octanol–water partition coefficient (Wildman–Crippen LogP) is 6.87. The SMILES string of the molecule is C=CCC(COCc1ccccc1)(COCc1ccccc1)CC1=CCCCC1. The van der Waals surface area contributed by atoms with Crippen molar-refractivity contribution in [1.29, 1.82) is 0 Å². The van der Waals surface area contributed by atoms with E-state index in [1.54, 1.807) is 5.57 Å². The smallest absolute Gasteiger partial charge is 0.0717 e. The number of hydrogen-bond acceptors (Lipinski definition) is 2. The lowest BCUT2D eigenvalue weighted by atomic mass is 9.77. The summed E-state index contributed by atoms with van der Waals surface area (Å²) in [5, 5.41) is 0. The van der Waals surface area contributed by atoms with Gasteiger partial charge in [0.2, 0.25) is 0 Å². The monoisotopic (exact) mass is 390 g/mol. The van der Waals surface area contributed by atoms with E-state index in [1.165, 1.54) is 36.8 Å². The second-order valence-electron chi connectivity index (χ2n) is 8.23. The fraction of sp³-hybridized carbons (Fsp3) is 0.407. The van der Waals surface area contributed by atoms with Crippen LogP contribution in [0.25, 0.3) is 0 Å². The van der Waals surface area contributed by atoms with Crippen LogP contribution in [0.2, 0.25) is 0 Å². The van der Waals surface area contributed by atoms with E-state index in [9.17, 15) is 0 Å². The van der Waals surface area contributed by atoms with E-state index < -0.39 is 0 Å². The van der Waals surface area contributed by atoms with Gasteiger partial charge in [-0.05, 0) is 49.7 Å². The van der Waals surface area contributed by atoms with E-state index in [0.717, 1.165) is 12.8 Å². The first-order valence-electron chi connectivity index (χ1n) is 10.8. The zero-order valence-electron chi connectivity index (χ0n) is 17.5. The lowest BCUT2D eigenvalue weighted by Crippen LogP contribution is -2.33. The van der Waals surface area contributed by atoms with Crippen molar-refractivity contribution in [3.63, 3.8) is 0 Å². The summed E-state index contributed by atoms with van der Waals surface area (Å²) in [7, 11) is 0. The Morgan fingerprint density at radius 1 is 0.828 bits per heavy atom. The molecule has 2 aromatic carbocycles. The first kappa shape index (κ1) is 21.5. The molecule has 0 bridgehead atoms. The molecular formula is C27H34O2. The average Bonchev–Trinajstić information content (AvgIpc) is 2.76. The van der Waals surface area contributed by atoms with Crippen LogP contribution >= 0.6 is 0 Å². The Balaban J connectivity index is 1.65. The van der Waals surface area contributed by atoms with E-state index in [1.807, 2.05) is 18.2 Å². The molecule has 0 unspecified atom stereocenters. The molecule has 0 radical (unpaired) electrons. The molecule has 0 atom stereocenters. The van der Waals surface area contributed by atoms with Crippen molar-refractivity contribution < 1.29 is 9.47 Å². The van der Waals surface area contributed by atoms with Gasteiger partial charge in [0.15, 0.2) is 0 Å². The summed E-state index contributed by atoms with van der Waals surface area (Å²) >= 11 is 0. The summed E-state index contributed by atoms with van der Waals surface area (Å²) in [5.41, 5.74) is 3.92. The molecule has 0 aliphatic heterocycles. The van der Waals surface area contributed by atoms with Crippen molar-refractivity contribution in [2.45, 2.75) is 51.7 Å². The van der Waals surface area contributed by atoms with Crippen LogP contribution in [0.1, 0.15) is 49.7 Å². The summed E-state index contributed by atoms with van der Waals surface area (Å²) in [6.45, 7) is 6.67. The van der Waals surface area contributed by atoms with Gasteiger partial charge in [0, 0.05) is 5.41 Å². The molecule has 2 aromatic rings. The van der Waals surface area contributed by atoms with Gasteiger partial charge in [0.05, 0.1) is 26.4 Å². The van der Waals surface area contributed by atoms with Crippen molar-refractivity contribution in [3.05, 3.63) is 96.1 Å². The molecule has 29 heavy (non-hydrogen) atoms. The van der Waals surface area contributed by atoms with Crippen molar-refractivity contribution >= 4 is 0 Å². The second kappa shape index (κ2) is 11.7. The third kappa shape index (κ3) is 7.30. The molecule has 0 spiro atoms. The van der Waals surface area contributed by atoms with Crippen molar-refractivity contribution in [1.82, 2.24) is 0 Å². The Morgan fingerprint density at radius 3 is 1.90 bits per heavy atom. The molecular weight excluding hydrogens is 356 g/mol. The summed E-state index contributed by atoms with van der Waals surface area (Å²) in [6.07, 6.45) is 11.4. The van der Waals surface area contributed by atoms with Gasteiger partial charge in [-0.3, -0.25) is 0 Å². The molecule has 0 fully saturated rings. The highest BCUT2D eigenvalue weighted by Gasteiger charge is 2.31. The Hall–Kier alpha value is -2.16. The van der Waals surface area contributed by atoms with Gasteiger partial charge in [-0.2, -0.15) is 0 Å². The molecule has 154 valence electrons.